The zero-order valence-corrected chi connectivity index (χ0v) is 12.0. The molecule has 1 aromatic rings. The molecule has 0 spiro atoms. The molecule has 1 aromatic carbocycles. The molecule has 0 unspecified atom stereocenters. The molecule has 0 aliphatic carbocycles. The van der Waals surface area contributed by atoms with Gasteiger partial charge in [0.15, 0.2) is 0 Å². The van der Waals surface area contributed by atoms with Gasteiger partial charge in [-0.15, -0.1) is 0 Å². The van der Waals surface area contributed by atoms with E-state index in [0.717, 1.165) is 12.1 Å². The number of carboxylic acids is 1. The predicted octanol–water partition coefficient (Wildman–Crippen LogP) is 1.31. The third-order valence-corrected chi connectivity index (χ3v) is 2.75. The molecule has 0 saturated heterocycles. The second-order valence-corrected chi connectivity index (χ2v) is 4.83. The summed E-state index contributed by atoms with van der Waals surface area (Å²) in [5, 5.41) is 8.50. The zero-order valence-electron chi connectivity index (χ0n) is 6.84. The number of rotatable bonds is 2. The second kappa shape index (κ2) is 5.28. The Bertz CT molecular complexity index is 426. The Morgan fingerprint density at radius 1 is 1.21 bits per heavy atom. The molecule has 1 radical (unpaired) electrons. The van der Waals surface area contributed by atoms with Gasteiger partial charge in [0, 0.05) is 46.3 Å². The Balaban J connectivity index is 0.00000169. The van der Waals surface area contributed by atoms with E-state index in [-0.39, 0.29) is 46.1 Å². The molecule has 1 N–H and O–H groups in total. The van der Waals surface area contributed by atoms with Gasteiger partial charge in [0.25, 0.3) is 9.05 Å². The maximum Gasteiger partial charge on any atom is 0.335 e. The van der Waals surface area contributed by atoms with Crippen molar-refractivity contribution >= 4 is 25.7 Å². The van der Waals surface area contributed by atoms with Crippen molar-refractivity contribution < 1.29 is 53.9 Å². The maximum atomic E-state index is 10.7. The minimum Gasteiger partial charge on any atom is -0.478 e. The molecule has 14 heavy (non-hydrogen) atoms. The Labute approximate surface area is 113 Å². The van der Waals surface area contributed by atoms with Crippen LogP contribution in [0, 0.1) is 35.6 Å². The third kappa shape index (κ3) is 3.71. The van der Waals surface area contributed by atoms with Gasteiger partial charge in [-0.05, 0) is 24.3 Å². The van der Waals surface area contributed by atoms with Crippen LogP contribution in [-0.2, 0) is 9.05 Å². The summed E-state index contributed by atoms with van der Waals surface area (Å²) in [5.74, 6) is -1.11. The van der Waals surface area contributed by atoms with Crippen molar-refractivity contribution in [3.05, 3.63) is 29.8 Å². The molecule has 0 fully saturated rings. The molecule has 0 amide bonds. The minimum absolute atomic E-state index is 0. The number of hydrogen-bond donors (Lipinski definition) is 1. The first-order valence-corrected chi connectivity index (χ1v) is 5.50. The number of carbonyl (C=O) groups is 1. The van der Waals surface area contributed by atoms with E-state index < -0.39 is 15.0 Å². The fourth-order valence-corrected chi connectivity index (χ4v) is 1.53. The van der Waals surface area contributed by atoms with Crippen molar-refractivity contribution in [1.82, 2.24) is 0 Å². The van der Waals surface area contributed by atoms with Crippen molar-refractivity contribution in [3.8, 4) is 0 Å². The topological polar surface area (TPSA) is 71.4 Å². The molecular weight excluding hydrogens is 354 g/mol. The Kier molecular flexibility index (Phi) is 5.32. The fourth-order valence-electron chi connectivity index (χ4n) is 0.760. The molecule has 0 atom stereocenters. The van der Waals surface area contributed by atoms with E-state index in [1.54, 1.807) is 0 Å². The van der Waals surface area contributed by atoms with Gasteiger partial charge in [0.05, 0.1) is 10.5 Å². The van der Waals surface area contributed by atoms with E-state index in [2.05, 4.69) is 0 Å². The van der Waals surface area contributed by atoms with Gasteiger partial charge in [-0.1, -0.05) is 0 Å². The molecule has 0 saturated carbocycles. The molecule has 73 valence electrons. The summed E-state index contributed by atoms with van der Waals surface area (Å²) in [7, 11) is 1.25. The number of carboxylic acid groups (broad SMARTS) is 1. The fraction of sp³-hybridized carbons (Fsp3) is 0. The van der Waals surface area contributed by atoms with Crippen LogP contribution in [0.25, 0.3) is 0 Å². The van der Waals surface area contributed by atoms with E-state index in [9.17, 15) is 13.2 Å². The molecule has 7 heteroatoms. The van der Waals surface area contributed by atoms with Crippen LogP contribution in [0.1, 0.15) is 10.4 Å². The summed E-state index contributed by atoms with van der Waals surface area (Å²) in [6.07, 6.45) is 0. The smallest absolute Gasteiger partial charge is 0.335 e. The largest absolute Gasteiger partial charge is 0.478 e. The van der Waals surface area contributed by atoms with Gasteiger partial charge in [-0.2, -0.15) is 0 Å². The average Bonchev–Trinajstić information content (AvgIpc) is 2.03. The maximum absolute atomic E-state index is 10.7. The van der Waals surface area contributed by atoms with Crippen molar-refractivity contribution in [3.63, 3.8) is 0 Å². The Morgan fingerprint density at radius 3 is 1.93 bits per heavy atom. The summed E-state index contributed by atoms with van der Waals surface area (Å²) in [5.41, 5.74) is 0.0177. The van der Waals surface area contributed by atoms with Crippen LogP contribution in [0.3, 0.4) is 0 Å². The van der Waals surface area contributed by atoms with Gasteiger partial charge in [0.1, 0.15) is 0 Å². The quantitative estimate of drug-likeness (QED) is 0.808. The summed E-state index contributed by atoms with van der Waals surface area (Å²) < 4.78 is 21.5. The Morgan fingerprint density at radius 2 is 1.64 bits per heavy atom. The van der Waals surface area contributed by atoms with Gasteiger partial charge in [0.2, 0.25) is 0 Å². The molecule has 4 nitrogen and oxygen atoms in total. The Hall–Kier alpha value is 0.125. The molecule has 1 rings (SSSR count). The summed E-state index contributed by atoms with van der Waals surface area (Å²) in [6.45, 7) is 0. The molecular formula is C7H5ClLaO4S. The summed E-state index contributed by atoms with van der Waals surface area (Å²) in [4.78, 5) is 10.3. The molecule has 0 aliphatic rings. The molecule has 0 aromatic heterocycles. The molecule has 0 aliphatic heterocycles. The summed E-state index contributed by atoms with van der Waals surface area (Å²) in [6, 6.07) is 4.65. The number of benzene rings is 1. The second-order valence-electron chi connectivity index (χ2n) is 2.27. The van der Waals surface area contributed by atoms with Crippen molar-refractivity contribution in [1.29, 1.82) is 0 Å². The monoisotopic (exact) mass is 359 g/mol. The average molecular weight is 360 g/mol. The van der Waals surface area contributed by atoms with Crippen LogP contribution in [0.15, 0.2) is 29.2 Å². The number of halogens is 1. The van der Waals surface area contributed by atoms with Crippen molar-refractivity contribution in [2.75, 3.05) is 0 Å². The first-order chi connectivity index (χ1) is 5.91. The zero-order chi connectivity index (χ0) is 10.1. The van der Waals surface area contributed by atoms with E-state index in [4.69, 9.17) is 15.8 Å². The SMILES string of the molecule is O=C(O)c1ccc(S(=O)(=O)Cl)cc1.[La]. The van der Waals surface area contributed by atoms with Crippen LogP contribution in [-0.4, -0.2) is 19.5 Å². The van der Waals surface area contributed by atoms with Gasteiger partial charge in [-0.25, -0.2) is 13.2 Å². The van der Waals surface area contributed by atoms with E-state index >= 15 is 0 Å². The predicted molar refractivity (Wildman–Crippen MR) is 46.4 cm³/mol. The standard InChI is InChI=1S/C7H5ClO4S.La/c8-13(11,12)6-3-1-5(2-4-6)7(9)10;/h1-4H,(H,9,10);. The molecule has 0 heterocycles. The normalized spacial score (nSPS) is 10.4. The van der Waals surface area contributed by atoms with Gasteiger partial charge < -0.3 is 5.11 Å². The van der Waals surface area contributed by atoms with Gasteiger partial charge in [-0.3, -0.25) is 0 Å². The van der Waals surface area contributed by atoms with Gasteiger partial charge >= 0.3 is 5.97 Å². The first-order valence-electron chi connectivity index (χ1n) is 3.19. The number of hydrogen-bond acceptors (Lipinski definition) is 3. The minimum atomic E-state index is -3.77. The van der Waals surface area contributed by atoms with Crippen LogP contribution in [0.4, 0.5) is 0 Å². The van der Waals surface area contributed by atoms with E-state index in [1.165, 1.54) is 12.1 Å². The molecule has 0 bridgehead atoms. The van der Waals surface area contributed by atoms with Crippen molar-refractivity contribution in [2.45, 2.75) is 4.90 Å². The number of aromatic carboxylic acids is 1. The van der Waals surface area contributed by atoms with E-state index in [1.807, 2.05) is 0 Å². The first kappa shape index (κ1) is 14.1. The van der Waals surface area contributed by atoms with Crippen LogP contribution in [0.5, 0.6) is 0 Å². The van der Waals surface area contributed by atoms with Crippen LogP contribution >= 0.6 is 10.7 Å². The van der Waals surface area contributed by atoms with Crippen molar-refractivity contribution in [2.24, 2.45) is 0 Å². The van der Waals surface area contributed by atoms with Crippen LogP contribution < -0.4 is 0 Å². The third-order valence-electron chi connectivity index (χ3n) is 1.38. The summed E-state index contributed by atoms with van der Waals surface area (Å²) >= 11 is 0. The van der Waals surface area contributed by atoms with E-state index in [0.29, 0.717) is 0 Å². The van der Waals surface area contributed by atoms with Crippen LogP contribution in [0.2, 0.25) is 0 Å².